The second kappa shape index (κ2) is 10.5. The van der Waals surface area contributed by atoms with Crippen molar-refractivity contribution in [2.24, 2.45) is 12.0 Å². The molecule has 0 radical (unpaired) electrons. The molecule has 0 saturated carbocycles. The number of hydrogen-bond donors (Lipinski definition) is 1. The van der Waals surface area contributed by atoms with Crippen LogP contribution in [0.1, 0.15) is 30.2 Å². The Hall–Kier alpha value is -1.20. The van der Waals surface area contributed by atoms with Gasteiger partial charge in [0.1, 0.15) is 5.82 Å². The van der Waals surface area contributed by atoms with Crippen LogP contribution < -0.4 is 5.32 Å². The number of aromatic nitrogens is 3. The molecule has 28 heavy (non-hydrogen) atoms. The molecule has 1 unspecified atom stereocenters. The number of nitrogens with one attached hydrogen (secondary N) is 1. The zero-order valence-corrected chi connectivity index (χ0v) is 20.8. The molecule has 7 nitrogen and oxygen atoms in total. The minimum Gasteiger partial charge on any atom is -0.349 e. The van der Waals surface area contributed by atoms with E-state index in [-0.39, 0.29) is 24.0 Å². The Bertz CT molecular complexity index is 782. The molecular formula is C19H29BrIN7. The minimum absolute atomic E-state index is 0. The maximum absolute atomic E-state index is 4.45. The second-order valence-corrected chi connectivity index (χ2v) is 7.79. The van der Waals surface area contributed by atoms with Crippen LogP contribution in [0.5, 0.6) is 0 Å². The third-order valence-electron chi connectivity index (χ3n) is 5.31. The molecule has 1 aliphatic rings. The molecule has 1 aromatic carbocycles. The van der Waals surface area contributed by atoms with Crippen LogP contribution in [0.25, 0.3) is 0 Å². The fraction of sp³-hybridized carbons (Fsp3) is 0.526. The molecule has 1 atom stereocenters. The predicted octanol–water partition coefficient (Wildman–Crippen LogP) is 2.96. The third kappa shape index (κ3) is 5.44. The molecular weight excluding hydrogens is 533 g/mol. The van der Waals surface area contributed by atoms with Crippen LogP contribution in [0.4, 0.5) is 0 Å². The SMILES string of the molecule is CN=C(NCc1nnc(C)n1C)N1CCN(C(C)c2ccc(Br)cc2)CC1.I. The Balaban J connectivity index is 0.00000280. The van der Waals surface area contributed by atoms with E-state index in [0.29, 0.717) is 12.6 Å². The molecule has 2 aromatic rings. The number of rotatable bonds is 4. The van der Waals surface area contributed by atoms with Crippen LogP contribution in [-0.2, 0) is 13.6 Å². The van der Waals surface area contributed by atoms with Gasteiger partial charge in [-0.3, -0.25) is 9.89 Å². The van der Waals surface area contributed by atoms with Crippen molar-refractivity contribution in [1.29, 1.82) is 0 Å². The van der Waals surface area contributed by atoms with E-state index >= 15 is 0 Å². The summed E-state index contributed by atoms with van der Waals surface area (Å²) in [6.07, 6.45) is 0. The Morgan fingerprint density at radius 1 is 1.18 bits per heavy atom. The third-order valence-corrected chi connectivity index (χ3v) is 5.84. The van der Waals surface area contributed by atoms with Crippen molar-refractivity contribution in [3.05, 3.63) is 46.0 Å². The van der Waals surface area contributed by atoms with Gasteiger partial charge in [-0.25, -0.2) is 0 Å². The highest BCUT2D eigenvalue weighted by molar-refractivity contribution is 14.0. The maximum atomic E-state index is 4.45. The lowest BCUT2D eigenvalue weighted by Crippen LogP contribution is -2.52. The van der Waals surface area contributed by atoms with Crippen molar-refractivity contribution in [3.8, 4) is 0 Å². The number of piperazine rings is 1. The van der Waals surface area contributed by atoms with Crippen LogP contribution in [0.2, 0.25) is 0 Å². The van der Waals surface area contributed by atoms with E-state index in [1.807, 2.05) is 25.6 Å². The lowest BCUT2D eigenvalue weighted by Gasteiger charge is -2.39. The standard InChI is InChI=1S/C19H28BrN7.HI/c1-14(16-5-7-17(20)8-6-16)26-9-11-27(12-10-26)19(21-3)22-13-18-24-23-15(2)25(18)4;/h5-8,14H,9-13H2,1-4H3,(H,21,22);1H. The molecule has 3 rings (SSSR count). The summed E-state index contributed by atoms with van der Waals surface area (Å²) in [5, 5.41) is 11.7. The molecule has 1 aromatic heterocycles. The molecule has 0 bridgehead atoms. The summed E-state index contributed by atoms with van der Waals surface area (Å²) in [5.41, 5.74) is 1.35. The summed E-state index contributed by atoms with van der Waals surface area (Å²) in [5.74, 6) is 2.75. The van der Waals surface area contributed by atoms with Gasteiger partial charge in [-0.2, -0.15) is 0 Å². The zero-order chi connectivity index (χ0) is 19.4. The lowest BCUT2D eigenvalue weighted by atomic mass is 10.1. The van der Waals surface area contributed by atoms with Gasteiger partial charge in [0.25, 0.3) is 0 Å². The molecule has 0 spiro atoms. The van der Waals surface area contributed by atoms with Crippen molar-refractivity contribution in [3.63, 3.8) is 0 Å². The lowest BCUT2D eigenvalue weighted by molar-refractivity contribution is 0.138. The Kier molecular flexibility index (Phi) is 8.69. The topological polar surface area (TPSA) is 61.6 Å². The monoisotopic (exact) mass is 561 g/mol. The second-order valence-electron chi connectivity index (χ2n) is 6.87. The zero-order valence-electron chi connectivity index (χ0n) is 16.9. The number of benzene rings is 1. The fourth-order valence-electron chi connectivity index (χ4n) is 3.37. The van der Waals surface area contributed by atoms with Gasteiger partial charge in [0.2, 0.25) is 0 Å². The number of nitrogens with zero attached hydrogens (tertiary/aromatic N) is 6. The van der Waals surface area contributed by atoms with Gasteiger partial charge in [0.05, 0.1) is 6.54 Å². The van der Waals surface area contributed by atoms with Gasteiger partial charge in [0, 0.05) is 50.8 Å². The fourth-order valence-corrected chi connectivity index (χ4v) is 3.63. The normalized spacial score (nSPS) is 16.6. The Morgan fingerprint density at radius 2 is 1.82 bits per heavy atom. The molecule has 1 fully saturated rings. The van der Waals surface area contributed by atoms with Gasteiger partial charge in [-0.1, -0.05) is 28.1 Å². The summed E-state index contributed by atoms with van der Waals surface area (Å²) in [7, 11) is 3.82. The highest BCUT2D eigenvalue weighted by atomic mass is 127. The molecule has 1 aliphatic heterocycles. The van der Waals surface area contributed by atoms with Crippen molar-refractivity contribution < 1.29 is 0 Å². The van der Waals surface area contributed by atoms with Crippen LogP contribution in [0.3, 0.4) is 0 Å². The summed E-state index contributed by atoms with van der Waals surface area (Å²) in [4.78, 5) is 9.29. The van der Waals surface area contributed by atoms with Crippen LogP contribution in [-0.4, -0.2) is 63.8 Å². The van der Waals surface area contributed by atoms with Crippen molar-refractivity contribution >= 4 is 45.9 Å². The largest absolute Gasteiger partial charge is 0.349 e. The average molecular weight is 562 g/mol. The summed E-state index contributed by atoms with van der Waals surface area (Å²) < 4.78 is 3.12. The molecule has 154 valence electrons. The number of hydrogen-bond acceptors (Lipinski definition) is 4. The van der Waals surface area contributed by atoms with Gasteiger partial charge >= 0.3 is 0 Å². The first-order valence-electron chi connectivity index (χ1n) is 9.29. The predicted molar refractivity (Wildman–Crippen MR) is 127 cm³/mol. The summed E-state index contributed by atoms with van der Waals surface area (Å²) >= 11 is 3.51. The van der Waals surface area contributed by atoms with E-state index < -0.39 is 0 Å². The first-order chi connectivity index (χ1) is 13.0. The molecule has 0 amide bonds. The smallest absolute Gasteiger partial charge is 0.194 e. The number of guanidine groups is 1. The summed E-state index contributed by atoms with van der Waals surface area (Å²) in [6, 6.07) is 9.04. The van der Waals surface area contributed by atoms with Crippen LogP contribution in [0, 0.1) is 6.92 Å². The summed E-state index contributed by atoms with van der Waals surface area (Å²) in [6.45, 7) is 8.80. The van der Waals surface area contributed by atoms with E-state index in [4.69, 9.17) is 0 Å². The van der Waals surface area contributed by atoms with Crippen LogP contribution in [0.15, 0.2) is 33.7 Å². The Morgan fingerprint density at radius 3 is 2.36 bits per heavy atom. The van der Waals surface area contributed by atoms with E-state index in [0.717, 1.165) is 48.3 Å². The quantitative estimate of drug-likeness (QED) is 0.353. The number of aryl methyl sites for hydroxylation is 1. The van der Waals surface area contributed by atoms with Crippen molar-refractivity contribution in [2.75, 3.05) is 33.2 Å². The van der Waals surface area contributed by atoms with E-state index in [9.17, 15) is 0 Å². The molecule has 9 heteroatoms. The van der Waals surface area contributed by atoms with E-state index in [1.165, 1.54) is 5.56 Å². The highest BCUT2D eigenvalue weighted by Crippen LogP contribution is 2.23. The Labute approximate surface area is 192 Å². The minimum atomic E-state index is 0. The first-order valence-corrected chi connectivity index (χ1v) is 10.1. The molecule has 0 aliphatic carbocycles. The van der Waals surface area contributed by atoms with Gasteiger partial charge < -0.3 is 14.8 Å². The van der Waals surface area contributed by atoms with Crippen molar-refractivity contribution in [1.82, 2.24) is 29.9 Å². The first kappa shape index (κ1) is 23.1. The van der Waals surface area contributed by atoms with E-state index in [1.54, 1.807) is 0 Å². The van der Waals surface area contributed by atoms with Crippen molar-refractivity contribution in [2.45, 2.75) is 26.4 Å². The highest BCUT2D eigenvalue weighted by Gasteiger charge is 2.24. The molecule has 1 N–H and O–H groups in total. The molecule has 1 saturated heterocycles. The molecule has 2 heterocycles. The van der Waals surface area contributed by atoms with Gasteiger partial charge in [0.15, 0.2) is 11.8 Å². The van der Waals surface area contributed by atoms with Gasteiger partial charge in [-0.05, 0) is 31.5 Å². The van der Waals surface area contributed by atoms with Gasteiger partial charge in [-0.15, -0.1) is 34.2 Å². The number of halogens is 2. The average Bonchev–Trinajstić information content (AvgIpc) is 3.01. The number of aliphatic imine (C=N–C) groups is 1. The maximum Gasteiger partial charge on any atom is 0.194 e. The van der Waals surface area contributed by atoms with Crippen LogP contribution >= 0.6 is 39.9 Å². The van der Waals surface area contributed by atoms with E-state index in [2.05, 4.69) is 77.4 Å².